The number of thiazole rings is 1. The van der Waals surface area contributed by atoms with Crippen LogP contribution in [-0.4, -0.2) is 27.6 Å². The Morgan fingerprint density at radius 2 is 2.40 bits per heavy atom. The fourth-order valence-corrected chi connectivity index (χ4v) is 3.21. The number of hydrogen-bond acceptors (Lipinski definition) is 4. The van der Waals surface area contributed by atoms with Crippen molar-refractivity contribution in [1.29, 1.82) is 0 Å². The molecule has 0 radical (unpaired) electrons. The normalized spacial score (nSPS) is 25.9. The predicted octanol–water partition coefficient (Wildman–Crippen LogP) is 1.98. The van der Waals surface area contributed by atoms with Gasteiger partial charge in [-0.05, 0) is 18.8 Å². The molecule has 2 amide bonds. The van der Waals surface area contributed by atoms with Crippen molar-refractivity contribution in [3.8, 4) is 0 Å². The summed E-state index contributed by atoms with van der Waals surface area (Å²) in [6.07, 6.45) is 4.49. The molecule has 1 aliphatic rings. The van der Waals surface area contributed by atoms with Gasteiger partial charge in [-0.25, -0.2) is 9.59 Å². The number of aliphatic carboxylic acids is 1. The second-order valence-electron chi connectivity index (χ2n) is 5.36. The molecule has 0 aliphatic heterocycles. The summed E-state index contributed by atoms with van der Waals surface area (Å²) in [5.74, 6) is -0.640. The molecule has 20 heavy (non-hydrogen) atoms. The van der Waals surface area contributed by atoms with Crippen molar-refractivity contribution in [1.82, 2.24) is 15.6 Å². The first-order valence-electron chi connectivity index (χ1n) is 6.68. The van der Waals surface area contributed by atoms with E-state index in [0.717, 1.165) is 17.7 Å². The molecule has 0 bridgehead atoms. The Morgan fingerprint density at radius 1 is 1.60 bits per heavy atom. The van der Waals surface area contributed by atoms with Crippen molar-refractivity contribution in [3.05, 3.63) is 16.6 Å². The summed E-state index contributed by atoms with van der Waals surface area (Å²) in [6.45, 7) is 2.38. The summed E-state index contributed by atoms with van der Waals surface area (Å²) in [7, 11) is 0. The van der Waals surface area contributed by atoms with Gasteiger partial charge in [0.15, 0.2) is 0 Å². The van der Waals surface area contributed by atoms with E-state index in [4.69, 9.17) is 0 Å². The van der Waals surface area contributed by atoms with Gasteiger partial charge in [-0.1, -0.05) is 19.8 Å². The third-order valence-corrected chi connectivity index (χ3v) is 4.45. The predicted molar refractivity (Wildman–Crippen MR) is 75.5 cm³/mol. The van der Waals surface area contributed by atoms with Crippen molar-refractivity contribution in [2.75, 3.05) is 0 Å². The molecule has 1 aromatic rings. The number of hydrogen-bond donors (Lipinski definition) is 3. The number of aromatic nitrogens is 1. The van der Waals surface area contributed by atoms with E-state index in [1.54, 1.807) is 11.7 Å². The van der Waals surface area contributed by atoms with E-state index in [1.165, 1.54) is 11.3 Å². The molecule has 110 valence electrons. The number of amides is 2. The standard InChI is InChI=1S/C13H19N3O3S/c1-9-3-2-4-13(5-9,11(17)18)16-12(19)15-7-10-6-14-8-20-10/h6,8-9H,2-5,7H2,1H3,(H,17,18)(H2,15,16,19). The second kappa shape index (κ2) is 6.21. The van der Waals surface area contributed by atoms with Crippen LogP contribution in [0.2, 0.25) is 0 Å². The van der Waals surface area contributed by atoms with Gasteiger partial charge >= 0.3 is 12.0 Å². The maximum absolute atomic E-state index is 11.9. The van der Waals surface area contributed by atoms with Crippen LogP contribution in [0.5, 0.6) is 0 Å². The van der Waals surface area contributed by atoms with Crippen LogP contribution in [0.25, 0.3) is 0 Å². The summed E-state index contributed by atoms with van der Waals surface area (Å²) in [5, 5.41) is 14.8. The van der Waals surface area contributed by atoms with Gasteiger partial charge in [-0.3, -0.25) is 4.98 Å². The Hall–Kier alpha value is -1.63. The highest BCUT2D eigenvalue weighted by Crippen LogP contribution is 2.32. The molecule has 6 nitrogen and oxygen atoms in total. The molecule has 2 unspecified atom stereocenters. The van der Waals surface area contributed by atoms with E-state index in [0.29, 0.717) is 25.3 Å². The van der Waals surface area contributed by atoms with E-state index >= 15 is 0 Å². The van der Waals surface area contributed by atoms with E-state index in [1.807, 2.05) is 6.92 Å². The number of carboxylic acids is 1. The highest BCUT2D eigenvalue weighted by Gasteiger charge is 2.43. The van der Waals surface area contributed by atoms with Gasteiger partial charge in [0, 0.05) is 11.1 Å². The molecule has 1 aliphatic carbocycles. The lowest BCUT2D eigenvalue weighted by molar-refractivity contribution is -0.146. The lowest BCUT2D eigenvalue weighted by atomic mass is 9.76. The molecule has 2 rings (SSSR count). The maximum Gasteiger partial charge on any atom is 0.329 e. The van der Waals surface area contributed by atoms with Crippen LogP contribution in [0, 0.1) is 5.92 Å². The fraction of sp³-hybridized carbons (Fsp3) is 0.615. The number of carboxylic acid groups (broad SMARTS) is 1. The Kier molecular flexibility index (Phi) is 4.59. The van der Waals surface area contributed by atoms with Gasteiger partial charge in [0.05, 0.1) is 12.1 Å². The molecule has 0 saturated heterocycles. The van der Waals surface area contributed by atoms with E-state index < -0.39 is 17.5 Å². The number of nitrogens with zero attached hydrogens (tertiary/aromatic N) is 1. The minimum Gasteiger partial charge on any atom is -0.480 e. The molecule has 0 spiro atoms. The number of rotatable bonds is 4. The minimum atomic E-state index is -1.13. The topological polar surface area (TPSA) is 91.3 Å². The van der Waals surface area contributed by atoms with Crippen molar-refractivity contribution in [3.63, 3.8) is 0 Å². The van der Waals surface area contributed by atoms with Gasteiger partial charge in [-0.2, -0.15) is 0 Å². The first kappa shape index (κ1) is 14.8. The van der Waals surface area contributed by atoms with Gasteiger partial charge in [-0.15, -0.1) is 11.3 Å². The number of nitrogens with one attached hydrogen (secondary N) is 2. The zero-order valence-corrected chi connectivity index (χ0v) is 12.2. The molecule has 1 fully saturated rings. The van der Waals surface area contributed by atoms with Crippen LogP contribution in [0.1, 0.15) is 37.5 Å². The van der Waals surface area contributed by atoms with Crippen LogP contribution in [0.3, 0.4) is 0 Å². The zero-order valence-electron chi connectivity index (χ0n) is 11.4. The maximum atomic E-state index is 11.9. The third kappa shape index (κ3) is 3.47. The lowest BCUT2D eigenvalue weighted by Gasteiger charge is -2.36. The first-order chi connectivity index (χ1) is 9.52. The van der Waals surface area contributed by atoms with E-state index in [-0.39, 0.29) is 0 Å². The van der Waals surface area contributed by atoms with Crippen LogP contribution in [-0.2, 0) is 11.3 Å². The highest BCUT2D eigenvalue weighted by molar-refractivity contribution is 7.09. The van der Waals surface area contributed by atoms with Crippen molar-refractivity contribution in [2.45, 2.75) is 44.7 Å². The van der Waals surface area contributed by atoms with Crippen LogP contribution >= 0.6 is 11.3 Å². The molecule has 1 aromatic heterocycles. The molecule has 1 saturated carbocycles. The smallest absolute Gasteiger partial charge is 0.329 e. The van der Waals surface area contributed by atoms with Gasteiger partial charge < -0.3 is 15.7 Å². The fourth-order valence-electron chi connectivity index (χ4n) is 2.67. The van der Waals surface area contributed by atoms with Crippen molar-refractivity contribution >= 4 is 23.3 Å². The summed E-state index contributed by atoms with van der Waals surface area (Å²) in [6, 6.07) is -0.435. The summed E-state index contributed by atoms with van der Waals surface area (Å²) in [4.78, 5) is 28.3. The van der Waals surface area contributed by atoms with E-state index in [2.05, 4.69) is 15.6 Å². The Labute approximate surface area is 121 Å². The van der Waals surface area contributed by atoms with Gasteiger partial charge in [0.2, 0.25) is 0 Å². The van der Waals surface area contributed by atoms with Crippen molar-refractivity contribution in [2.24, 2.45) is 5.92 Å². The third-order valence-electron chi connectivity index (χ3n) is 3.67. The molecule has 2 atom stereocenters. The number of carbonyl (C=O) groups is 2. The summed E-state index contributed by atoms with van der Waals surface area (Å²) < 4.78 is 0. The minimum absolute atomic E-state index is 0.307. The summed E-state index contributed by atoms with van der Waals surface area (Å²) >= 11 is 1.45. The zero-order chi connectivity index (χ0) is 14.6. The molecular formula is C13H19N3O3S. The largest absolute Gasteiger partial charge is 0.480 e. The SMILES string of the molecule is CC1CCCC(NC(=O)NCc2cncs2)(C(=O)O)C1. The molecule has 0 aromatic carbocycles. The van der Waals surface area contributed by atoms with Gasteiger partial charge in [0.1, 0.15) is 5.54 Å². The Bertz CT molecular complexity index is 477. The molecule has 1 heterocycles. The Morgan fingerprint density at radius 3 is 3.00 bits per heavy atom. The lowest BCUT2D eigenvalue weighted by Crippen LogP contribution is -2.58. The average molecular weight is 297 g/mol. The average Bonchev–Trinajstić information content (AvgIpc) is 2.89. The summed E-state index contributed by atoms with van der Waals surface area (Å²) in [5.41, 5.74) is 0.561. The molecule has 7 heteroatoms. The van der Waals surface area contributed by atoms with E-state index in [9.17, 15) is 14.7 Å². The first-order valence-corrected chi connectivity index (χ1v) is 7.56. The quantitative estimate of drug-likeness (QED) is 0.792. The highest BCUT2D eigenvalue weighted by atomic mass is 32.1. The molecule has 3 N–H and O–H groups in total. The van der Waals surface area contributed by atoms with Crippen LogP contribution in [0.4, 0.5) is 4.79 Å². The monoisotopic (exact) mass is 297 g/mol. The molecular weight excluding hydrogens is 278 g/mol. The Balaban J connectivity index is 1.94. The van der Waals surface area contributed by atoms with Crippen molar-refractivity contribution < 1.29 is 14.7 Å². The number of urea groups is 1. The second-order valence-corrected chi connectivity index (χ2v) is 6.34. The van der Waals surface area contributed by atoms with Crippen LogP contribution in [0.15, 0.2) is 11.7 Å². The van der Waals surface area contributed by atoms with Gasteiger partial charge in [0.25, 0.3) is 0 Å². The van der Waals surface area contributed by atoms with Crippen LogP contribution < -0.4 is 10.6 Å². The number of carbonyl (C=O) groups excluding carboxylic acids is 1.